The van der Waals surface area contributed by atoms with E-state index in [1.807, 2.05) is 30.3 Å². The number of rotatable bonds is 7. The predicted octanol–water partition coefficient (Wildman–Crippen LogP) is 2.41. The maximum atomic E-state index is 12.6. The second-order valence-corrected chi connectivity index (χ2v) is 8.31. The number of nitrogens with zero attached hydrogens (tertiary/aromatic N) is 1. The molecule has 0 saturated carbocycles. The average molecular weight is 494 g/mol. The number of carbonyl (C=O) groups is 4. The van der Waals surface area contributed by atoms with Crippen LogP contribution in [0.4, 0.5) is 4.79 Å². The molecule has 174 valence electrons. The molecule has 2 aromatic carbocycles. The van der Waals surface area contributed by atoms with Crippen LogP contribution in [-0.4, -0.2) is 76.3 Å². The Hall–Kier alpha value is -2.65. The Bertz CT molecular complexity index is 1140. The first kappa shape index (κ1) is 27.6. The number of ketones is 1. The molecule has 2 atom stereocenters. The SMILES string of the molecule is CC1=CN(C)C(=O)C(NC(=O)NC(CC(=O)O)c2cccc(Cc3cccc(Cl)c3)c2)C1=O.[NaH]. The molecule has 1 aliphatic heterocycles. The summed E-state index contributed by atoms with van der Waals surface area (Å²) in [6.45, 7) is 1.55. The number of carboxylic acid groups (broad SMARTS) is 1. The van der Waals surface area contributed by atoms with Crippen molar-refractivity contribution in [3.8, 4) is 0 Å². The predicted molar refractivity (Wildman–Crippen MR) is 130 cm³/mol. The van der Waals surface area contributed by atoms with Crippen molar-refractivity contribution < 1.29 is 24.3 Å². The van der Waals surface area contributed by atoms with Gasteiger partial charge in [0.25, 0.3) is 5.91 Å². The summed E-state index contributed by atoms with van der Waals surface area (Å²) in [7, 11) is 1.49. The van der Waals surface area contributed by atoms with Crippen LogP contribution in [-0.2, 0) is 20.8 Å². The fraction of sp³-hybridized carbons (Fsp3) is 0.250. The van der Waals surface area contributed by atoms with Crippen LogP contribution in [0.15, 0.2) is 60.3 Å². The molecule has 34 heavy (non-hydrogen) atoms. The molecule has 0 fully saturated rings. The van der Waals surface area contributed by atoms with Gasteiger partial charge in [-0.3, -0.25) is 14.4 Å². The molecule has 0 radical (unpaired) electrons. The first-order valence-corrected chi connectivity index (χ1v) is 10.6. The van der Waals surface area contributed by atoms with E-state index in [1.54, 1.807) is 25.1 Å². The van der Waals surface area contributed by atoms with Crippen LogP contribution in [0, 0.1) is 0 Å². The third-order valence-electron chi connectivity index (χ3n) is 5.24. The fourth-order valence-electron chi connectivity index (χ4n) is 3.65. The van der Waals surface area contributed by atoms with Gasteiger partial charge in [-0.2, -0.15) is 0 Å². The summed E-state index contributed by atoms with van der Waals surface area (Å²) in [4.78, 5) is 49.9. The molecule has 0 saturated heterocycles. The third kappa shape index (κ3) is 7.17. The van der Waals surface area contributed by atoms with E-state index in [2.05, 4.69) is 10.6 Å². The van der Waals surface area contributed by atoms with Gasteiger partial charge in [0.15, 0.2) is 11.8 Å². The van der Waals surface area contributed by atoms with Gasteiger partial charge >= 0.3 is 41.6 Å². The van der Waals surface area contributed by atoms with Crippen LogP contribution < -0.4 is 10.6 Å². The van der Waals surface area contributed by atoms with Gasteiger partial charge in [-0.1, -0.05) is 48.0 Å². The second kappa shape index (κ2) is 12.2. The Morgan fingerprint density at radius 2 is 1.76 bits per heavy atom. The van der Waals surface area contributed by atoms with Crippen LogP contribution in [0.5, 0.6) is 0 Å². The van der Waals surface area contributed by atoms with Gasteiger partial charge in [0.2, 0.25) is 0 Å². The van der Waals surface area contributed by atoms with Gasteiger partial charge < -0.3 is 20.6 Å². The third-order valence-corrected chi connectivity index (χ3v) is 5.48. The molecular weight excluding hydrogens is 469 g/mol. The molecule has 3 rings (SSSR count). The van der Waals surface area contributed by atoms with E-state index in [0.29, 0.717) is 22.6 Å². The molecule has 8 nitrogen and oxygen atoms in total. The van der Waals surface area contributed by atoms with Gasteiger partial charge in [0.1, 0.15) is 0 Å². The van der Waals surface area contributed by atoms with Gasteiger partial charge in [-0.15, -0.1) is 0 Å². The number of amides is 3. The van der Waals surface area contributed by atoms with Crippen LogP contribution in [0.1, 0.15) is 36.1 Å². The van der Waals surface area contributed by atoms with E-state index in [9.17, 15) is 24.3 Å². The number of halogens is 1. The Labute approximate surface area is 224 Å². The summed E-state index contributed by atoms with van der Waals surface area (Å²) in [6.07, 6.45) is 1.60. The van der Waals surface area contributed by atoms with Gasteiger partial charge in [0, 0.05) is 23.8 Å². The molecule has 1 aliphatic rings. The molecular formula is C24H25ClN3NaO5. The Morgan fingerprint density at radius 3 is 2.41 bits per heavy atom. The number of carboxylic acids is 1. The number of hydrogen-bond acceptors (Lipinski definition) is 4. The first-order valence-electron chi connectivity index (χ1n) is 10.3. The van der Waals surface area contributed by atoms with Crippen molar-refractivity contribution in [3.05, 3.63) is 82.0 Å². The monoisotopic (exact) mass is 493 g/mol. The minimum atomic E-state index is -1.36. The normalized spacial score (nSPS) is 16.3. The molecule has 0 aliphatic carbocycles. The summed E-state index contributed by atoms with van der Waals surface area (Å²) >= 11 is 6.05. The van der Waals surface area contributed by atoms with E-state index in [1.165, 1.54) is 18.1 Å². The molecule has 2 unspecified atom stereocenters. The van der Waals surface area contributed by atoms with E-state index in [0.717, 1.165) is 11.1 Å². The number of urea groups is 1. The van der Waals surface area contributed by atoms with E-state index < -0.39 is 35.8 Å². The van der Waals surface area contributed by atoms with Crippen LogP contribution in [0.2, 0.25) is 5.02 Å². The van der Waals surface area contributed by atoms with Crippen molar-refractivity contribution in [3.63, 3.8) is 0 Å². The van der Waals surface area contributed by atoms with Crippen LogP contribution >= 0.6 is 11.6 Å². The fourth-order valence-corrected chi connectivity index (χ4v) is 3.86. The van der Waals surface area contributed by atoms with Crippen molar-refractivity contribution in [2.45, 2.75) is 31.8 Å². The maximum absolute atomic E-state index is 12.6. The van der Waals surface area contributed by atoms with Crippen LogP contribution in [0.25, 0.3) is 0 Å². The van der Waals surface area contributed by atoms with E-state index in [-0.39, 0.29) is 36.0 Å². The summed E-state index contributed by atoms with van der Waals surface area (Å²) < 4.78 is 0. The number of Topliss-reactive ketones (excluding diaryl/α,β-unsaturated/α-hetero) is 1. The van der Waals surface area contributed by atoms with Crippen molar-refractivity contribution in [2.24, 2.45) is 0 Å². The molecule has 0 spiro atoms. The number of benzene rings is 2. The number of hydrogen-bond donors (Lipinski definition) is 3. The molecule has 10 heteroatoms. The molecule has 2 aromatic rings. The van der Waals surface area contributed by atoms with Crippen molar-refractivity contribution >= 4 is 64.8 Å². The average Bonchev–Trinajstić information content (AvgIpc) is 2.75. The zero-order valence-corrected chi connectivity index (χ0v) is 18.9. The van der Waals surface area contributed by atoms with Crippen molar-refractivity contribution in [1.29, 1.82) is 0 Å². The topological polar surface area (TPSA) is 116 Å². The summed E-state index contributed by atoms with van der Waals surface area (Å²) in [6, 6.07) is 11.6. The quantitative estimate of drug-likeness (QED) is 0.404. The zero-order valence-electron chi connectivity index (χ0n) is 18.2. The summed E-state index contributed by atoms with van der Waals surface area (Å²) in [5.41, 5.74) is 2.81. The molecule has 0 bridgehead atoms. The molecule has 3 N–H and O–H groups in total. The zero-order chi connectivity index (χ0) is 24.1. The van der Waals surface area contributed by atoms with Gasteiger partial charge in [-0.25, -0.2) is 4.79 Å². The second-order valence-electron chi connectivity index (χ2n) is 7.88. The molecule has 3 amide bonds. The summed E-state index contributed by atoms with van der Waals surface area (Å²) in [5.74, 6) is -2.19. The van der Waals surface area contributed by atoms with Crippen molar-refractivity contribution in [1.82, 2.24) is 15.5 Å². The standard InChI is InChI=1S/C24H24ClN3O5.Na.H/c1-14-13-28(2)23(32)21(22(14)31)27-24(33)26-19(12-20(29)30)17-7-3-5-15(10-17)9-16-6-4-8-18(25)11-16;;/h3-8,10-11,13,19,21H,9,12H2,1-2H3,(H,29,30)(H2,26,27,33);;. The van der Waals surface area contributed by atoms with Gasteiger partial charge in [0.05, 0.1) is 12.5 Å². The number of nitrogens with one attached hydrogen (secondary N) is 2. The van der Waals surface area contributed by atoms with Crippen molar-refractivity contribution in [2.75, 3.05) is 7.05 Å². The Morgan fingerprint density at radius 1 is 1.12 bits per heavy atom. The first-order chi connectivity index (χ1) is 15.6. The number of carbonyl (C=O) groups excluding carboxylic acids is 3. The number of likely N-dealkylation sites (N-methyl/N-ethyl adjacent to an activating group) is 1. The molecule has 0 aromatic heterocycles. The van der Waals surface area contributed by atoms with E-state index >= 15 is 0 Å². The summed E-state index contributed by atoms with van der Waals surface area (Å²) in [5, 5.41) is 14.9. The van der Waals surface area contributed by atoms with Gasteiger partial charge in [-0.05, 0) is 42.2 Å². The molecule has 1 heterocycles. The van der Waals surface area contributed by atoms with Crippen LogP contribution in [0.3, 0.4) is 0 Å². The Kier molecular flexibility index (Phi) is 9.88. The minimum absolute atomic E-state index is 0. The number of aliphatic carboxylic acids is 1. The Balaban J connectivity index is 0.00000408. The van der Waals surface area contributed by atoms with E-state index in [4.69, 9.17) is 11.6 Å².